The van der Waals surface area contributed by atoms with Crippen molar-refractivity contribution in [3.8, 4) is 18.1 Å². The zero-order valence-electron chi connectivity index (χ0n) is 9.54. The quantitative estimate of drug-likeness (QED) is 0.460. The van der Waals surface area contributed by atoms with E-state index in [0.29, 0.717) is 17.9 Å². The molecule has 84 valence electrons. The molecule has 16 heavy (non-hydrogen) atoms. The Hall–Kier alpha value is -1.79. The number of hydrogen-bond acceptors (Lipinski definition) is 3. The molecule has 3 nitrogen and oxygen atoms in total. The van der Waals surface area contributed by atoms with Crippen LogP contribution in [0.3, 0.4) is 0 Å². The normalized spacial score (nSPS) is 9.56. The van der Waals surface area contributed by atoms with E-state index in [1.54, 1.807) is 13.2 Å². The molecule has 0 bridgehead atoms. The average molecular weight is 217 g/mol. The van der Waals surface area contributed by atoms with E-state index in [4.69, 9.17) is 11.2 Å². The second-order valence-electron chi connectivity index (χ2n) is 3.43. The van der Waals surface area contributed by atoms with E-state index < -0.39 is 0 Å². The third kappa shape index (κ3) is 3.11. The first-order valence-electron chi connectivity index (χ1n) is 5.01. The van der Waals surface area contributed by atoms with Crippen molar-refractivity contribution in [1.29, 1.82) is 0 Å². The molecule has 0 saturated heterocycles. The Morgan fingerprint density at radius 1 is 1.56 bits per heavy atom. The first-order valence-corrected chi connectivity index (χ1v) is 5.01. The Bertz CT molecular complexity index is 418. The molecule has 0 unspecified atom stereocenters. The molecule has 0 aliphatic heterocycles. The van der Waals surface area contributed by atoms with E-state index >= 15 is 0 Å². The standard InChI is InChI=1S/C13H15NO2/c1-4-7-14-9-12(15)11-8-10(2)5-6-13(11)16-3/h1,5-6,8,14H,7,9H2,2-3H3. The Morgan fingerprint density at radius 2 is 2.31 bits per heavy atom. The fourth-order valence-corrected chi connectivity index (χ4v) is 1.38. The van der Waals surface area contributed by atoms with Crippen LogP contribution in [0.4, 0.5) is 0 Å². The molecule has 0 aliphatic rings. The van der Waals surface area contributed by atoms with Gasteiger partial charge in [0.15, 0.2) is 5.78 Å². The molecular weight excluding hydrogens is 202 g/mol. The van der Waals surface area contributed by atoms with Crippen molar-refractivity contribution in [2.24, 2.45) is 0 Å². The number of Topliss-reactive ketones (excluding diaryl/α,β-unsaturated/α-hetero) is 1. The highest BCUT2D eigenvalue weighted by Gasteiger charge is 2.11. The zero-order valence-corrected chi connectivity index (χ0v) is 9.54. The lowest BCUT2D eigenvalue weighted by atomic mass is 10.1. The second-order valence-corrected chi connectivity index (χ2v) is 3.43. The lowest BCUT2D eigenvalue weighted by Crippen LogP contribution is -2.23. The SMILES string of the molecule is C#CCNCC(=O)c1cc(C)ccc1OC. The number of carbonyl (C=O) groups excluding carboxylic acids is 1. The number of hydrogen-bond donors (Lipinski definition) is 1. The van der Waals surface area contributed by atoms with Crippen LogP contribution in [0.1, 0.15) is 15.9 Å². The van der Waals surface area contributed by atoms with Gasteiger partial charge in [-0.05, 0) is 19.1 Å². The van der Waals surface area contributed by atoms with Crippen LogP contribution in [0.15, 0.2) is 18.2 Å². The number of ketones is 1. The maximum absolute atomic E-state index is 11.8. The smallest absolute Gasteiger partial charge is 0.180 e. The molecule has 1 rings (SSSR count). The van der Waals surface area contributed by atoms with Crippen molar-refractivity contribution >= 4 is 5.78 Å². The first kappa shape index (κ1) is 12.3. The van der Waals surface area contributed by atoms with Crippen LogP contribution in [0, 0.1) is 19.3 Å². The van der Waals surface area contributed by atoms with Crippen molar-refractivity contribution in [2.75, 3.05) is 20.2 Å². The maximum atomic E-state index is 11.8. The van der Waals surface area contributed by atoms with Gasteiger partial charge in [0.1, 0.15) is 5.75 Å². The molecule has 0 fully saturated rings. The van der Waals surface area contributed by atoms with E-state index in [9.17, 15) is 4.79 Å². The molecule has 0 aliphatic carbocycles. The van der Waals surface area contributed by atoms with Gasteiger partial charge in [-0.25, -0.2) is 0 Å². The number of carbonyl (C=O) groups is 1. The number of aryl methyl sites for hydroxylation is 1. The van der Waals surface area contributed by atoms with Gasteiger partial charge in [-0.3, -0.25) is 10.1 Å². The summed E-state index contributed by atoms with van der Waals surface area (Å²) in [5.74, 6) is 3.00. The van der Waals surface area contributed by atoms with Crippen molar-refractivity contribution in [3.63, 3.8) is 0 Å². The van der Waals surface area contributed by atoms with Crippen molar-refractivity contribution < 1.29 is 9.53 Å². The topological polar surface area (TPSA) is 38.3 Å². The summed E-state index contributed by atoms with van der Waals surface area (Å²) in [6.07, 6.45) is 5.09. The van der Waals surface area contributed by atoms with Gasteiger partial charge < -0.3 is 4.74 Å². The van der Waals surface area contributed by atoms with E-state index in [0.717, 1.165) is 5.56 Å². The predicted octanol–water partition coefficient (Wildman–Crippen LogP) is 1.41. The predicted molar refractivity (Wildman–Crippen MR) is 63.8 cm³/mol. The van der Waals surface area contributed by atoms with Crippen LogP contribution in [-0.4, -0.2) is 26.0 Å². The highest BCUT2D eigenvalue weighted by Crippen LogP contribution is 2.19. The van der Waals surface area contributed by atoms with Gasteiger partial charge in [-0.1, -0.05) is 17.6 Å². The lowest BCUT2D eigenvalue weighted by molar-refractivity contribution is 0.0989. The monoisotopic (exact) mass is 217 g/mol. The Kier molecular flexibility index (Phi) is 4.56. The van der Waals surface area contributed by atoms with Crippen LogP contribution in [-0.2, 0) is 0 Å². The zero-order chi connectivity index (χ0) is 12.0. The van der Waals surface area contributed by atoms with E-state index in [2.05, 4.69) is 11.2 Å². The van der Waals surface area contributed by atoms with Gasteiger partial charge in [-0.15, -0.1) is 6.42 Å². The van der Waals surface area contributed by atoms with Gasteiger partial charge in [-0.2, -0.15) is 0 Å². The van der Waals surface area contributed by atoms with Crippen LogP contribution in [0.2, 0.25) is 0 Å². The number of methoxy groups -OCH3 is 1. The summed E-state index contributed by atoms with van der Waals surface area (Å²) in [5.41, 5.74) is 1.62. The van der Waals surface area contributed by atoms with Crippen LogP contribution >= 0.6 is 0 Å². The average Bonchev–Trinajstić information content (AvgIpc) is 2.29. The summed E-state index contributed by atoms with van der Waals surface area (Å²) in [6, 6.07) is 5.52. The Balaban J connectivity index is 2.81. The summed E-state index contributed by atoms with van der Waals surface area (Å²) in [4.78, 5) is 11.8. The highest BCUT2D eigenvalue weighted by atomic mass is 16.5. The van der Waals surface area contributed by atoms with Gasteiger partial charge in [0.2, 0.25) is 0 Å². The highest BCUT2D eigenvalue weighted by molar-refractivity contribution is 6.00. The Morgan fingerprint density at radius 3 is 2.94 bits per heavy atom. The number of rotatable bonds is 5. The molecule has 1 aromatic carbocycles. The maximum Gasteiger partial charge on any atom is 0.180 e. The fraction of sp³-hybridized carbons (Fsp3) is 0.308. The van der Waals surface area contributed by atoms with Crippen LogP contribution in [0.25, 0.3) is 0 Å². The first-order chi connectivity index (χ1) is 7.69. The van der Waals surface area contributed by atoms with Gasteiger partial charge in [0.05, 0.1) is 25.8 Å². The molecule has 0 radical (unpaired) electrons. The van der Waals surface area contributed by atoms with Crippen LogP contribution in [0.5, 0.6) is 5.75 Å². The minimum absolute atomic E-state index is 0.0178. The third-order valence-electron chi connectivity index (χ3n) is 2.17. The van der Waals surface area contributed by atoms with Crippen LogP contribution < -0.4 is 10.1 Å². The molecule has 0 spiro atoms. The Labute approximate surface area is 95.8 Å². The van der Waals surface area contributed by atoms with Crippen molar-refractivity contribution in [2.45, 2.75) is 6.92 Å². The lowest BCUT2D eigenvalue weighted by Gasteiger charge is -2.08. The molecule has 0 aromatic heterocycles. The molecular formula is C13H15NO2. The van der Waals surface area contributed by atoms with Gasteiger partial charge in [0, 0.05) is 0 Å². The second kappa shape index (κ2) is 5.94. The molecule has 0 heterocycles. The summed E-state index contributed by atoms with van der Waals surface area (Å²) >= 11 is 0. The van der Waals surface area contributed by atoms with Crippen molar-refractivity contribution in [1.82, 2.24) is 5.32 Å². The summed E-state index contributed by atoms with van der Waals surface area (Å²) in [6.45, 7) is 2.55. The van der Waals surface area contributed by atoms with E-state index in [1.165, 1.54) is 0 Å². The molecule has 0 amide bonds. The summed E-state index contributed by atoms with van der Waals surface area (Å²) < 4.78 is 5.14. The molecule has 1 N–H and O–H groups in total. The molecule has 0 saturated carbocycles. The minimum atomic E-state index is -0.0178. The minimum Gasteiger partial charge on any atom is -0.496 e. The number of terminal acetylenes is 1. The summed E-state index contributed by atoms with van der Waals surface area (Å²) in [7, 11) is 1.55. The largest absolute Gasteiger partial charge is 0.496 e. The van der Waals surface area contributed by atoms with E-state index in [1.807, 2.05) is 19.1 Å². The number of benzene rings is 1. The third-order valence-corrected chi connectivity index (χ3v) is 2.17. The van der Waals surface area contributed by atoms with E-state index in [-0.39, 0.29) is 12.3 Å². The van der Waals surface area contributed by atoms with Gasteiger partial charge >= 0.3 is 0 Å². The van der Waals surface area contributed by atoms with Gasteiger partial charge in [0.25, 0.3) is 0 Å². The van der Waals surface area contributed by atoms with Crippen molar-refractivity contribution in [3.05, 3.63) is 29.3 Å². The number of ether oxygens (including phenoxy) is 1. The molecule has 3 heteroatoms. The number of nitrogens with one attached hydrogen (secondary N) is 1. The molecule has 0 atom stereocenters. The summed E-state index contributed by atoms with van der Waals surface area (Å²) in [5, 5.41) is 2.86. The molecule has 1 aromatic rings. The fourth-order valence-electron chi connectivity index (χ4n) is 1.38.